The van der Waals surface area contributed by atoms with Crippen molar-refractivity contribution in [1.29, 1.82) is 0 Å². The van der Waals surface area contributed by atoms with Crippen LogP contribution in [0.25, 0.3) is 0 Å². The summed E-state index contributed by atoms with van der Waals surface area (Å²) < 4.78 is 0. The standard InChI is InChI=1S/C14H21N3O2.C2H6/c1-10(2)13(18)17(5)9-12-8-11(6-7-15-12)14(19)16(3)4;1-2/h6-8,10H,9H2,1-5H3;1-2H3. The Labute approximate surface area is 128 Å². The maximum atomic E-state index is 11.8. The monoisotopic (exact) mass is 293 g/mol. The lowest BCUT2D eigenvalue weighted by Crippen LogP contribution is -2.30. The van der Waals surface area contributed by atoms with Gasteiger partial charge in [-0.3, -0.25) is 14.6 Å². The molecule has 0 aliphatic carbocycles. The van der Waals surface area contributed by atoms with Crippen LogP contribution in [-0.4, -0.2) is 47.7 Å². The third-order valence-corrected chi connectivity index (χ3v) is 2.74. The normalized spacial score (nSPS) is 9.71. The molecule has 0 saturated heterocycles. The Morgan fingerprint density at radius 1 is 1.19 bits per heavy atom. The van der Waals surface area contributed by atoms with Gasteiger partial charge in [0.1, 0.15) is 0 Å². The van der Waals surface area contributed by atoms with E-state index in [2.05, 4.69) is 4.98 Å². The highest BCUT2D eigenvalue weighted by atomic mass is 16.2. The first kappa shape index (κ1) is 19.1. The van der Waals surface area contributed by atoms with E-state index in [1.165, 1.54) is 4.90 Å². The largest absolute Gasteiger partial charge is 0.345 e. The zero-order chi connectivity index (χ0) is 16.6. The SMILES string of the molecule is CC.CC(C)C(=O)N(C)Cc1cc(C(=O)N(C)C)ccn1. The Balaban J connectivity index is 0.00000191. The number of aromatic nitrogens is 1. The molecule has 5 heteroatoms. The Bertz CT molecular complexity index is 470. The van der Waals surface area contributed by atoms with Crippen LogP contribution in [0.1, 0.15) is 43.7 Å². The van der Waals surface area contributed by atoms with E-state index in [4.69, 9.17) is 0 Å². The highest BCUT2D eigenvalue weighted by Gasteiger charge is 2.15. The molecular formula is C16H27N3O2. The summed E-state index contributed by atoms with van der Waals surface area (Å²) in [6, 6.07) is 3.41. The molecule has 0 spiro atoms. The predicted molar refractivity (Wildman–Crippen MR) is 84.9 cm³/mol. The van der Waals surface area contributed by atoms with Crippen molar-refractivity contribution >= 4 is 11.8 Å². The summed E-state index contributed by atoms with van der Waals surface area (Å²) in [7, 11) is 5.15. The first-order valence-corrected chi connectivity index (χ1v) is 7.24. The van der Waals surface area contributed by atoms with E-state index < -0.39 is 0 Å². The highest BCUT2D eigenvalue weighted by molar-refractivity contribution is 5.93. The summed E-state index contributed by atoms with van der Waals surface area (Å²) in [5, 5.41) is 0. The van der Waals surface area contributed by atoms with Gasteiger partial charge in [-0.15, -0.1) is 0 Å². The van der Waals surface area contributed by atoms with Crippen LogP contribution in [0, 0.1) is 5.92 Å². The van der Waals surface area contributed by atoms with E-state index in [1.807, 2.05) is 27.7 Å². The van der Waals surface area contributed by atoms with Gasteiger partial charge >= 0.3 is 0 Å². The summed E-state index contributed by atoms with van der Waals surface area (Å²) in [5.74, 6) is -0.0516. The van der Waals surface area contributed by atoms with Crippen molar-refractivity contribution in [2.45, 2.75) is 34.2 Å². The molecule has 1 aromatic heterocycles. The highest BCUT2D eigenvalue weighted by Crippen LogP contribution is 2.08. The fourth-order valence-corrected chi connectivity index (χ4v) is 1.72. The van der Waals surface area contributed by atoms with Gasteiger partial charge in [-0.05, 0) is 12.1 Å². The average molecular weight is 293 g/mol. The topological polar surface area (TPSA) is 53.5 Å². The van der Waals surface area contributed by atoms with Gasteiger partial charge in [0.2, 0.25) is 5.91 Å². The number of pyridine rings is 1. The van der Waals surface area contributed by atoms with Gasteiger partial charge in [0.05, 0.1) is 12.2 Å². The minimum atomic E-state index is -0.0681. The fraction of sp³-hybridized carbons (Fsp3) is 0.562. The minimum Gasteiger partial charge on any atom is -0.345 e. The van der Waals surface area contributed by atoms with Crippen LogP contribution in [0.3, 0.4) is 0 Å². The molecule has 21 heavy (non-hydrogen) atoms. The van der Waals surface area contributed by atoms with Crippen LogP contribution in [0.5, 0.6) is 0 Å². The molecule has 0 aliphatic heterocycles. The second-order valence-electron chi connectivity index (χ2n) is 5.08. The van der Waals surface area contributed by atoms with Crippen LogP contribution >= 0.6 is 0 Å². The van der Waals surface area contributed by atoms with Crippen LogP contribution in [0.4, 0.5) is 0 Å². The Kier molecular flexibility index (Phi) is 8.28. The summed E-state index contributed by atoms with van der Waals surface area (Å²) in [5.41, 5.74) is 1.30. The summed E-state index contributed by atoms with van der Waals surface area (Å²) in [6.45, 7) is 8.13. The van der Waals surface area contributed by atoms with E-state index in [9.17, 15) is 9.59 Å². The predicted octanol–water partition coefficient (Wildman–Crippen LogP) is 2.42. The van der Waals surface area contributed by atoms with E-state index in [0.717, 1.165) is 0 Å². The van der Waals surface area contributed by atoms with Crippen LogP contribution in [0.15, 0.2) is 18.3 Å². The van der Waals surface area contributed by atoms with E-state index in [-0.39, 0.29) is 17.7 Å². The van der Waals surface area contributed by atoms with Gasteiger partial charge in [0.15, 0.2) is 0 Å². The van der Waals surface area contributed by atoms with Gasteiger partial charge < -0.3 is 9.80 Å². The second-order valence-corrected chi connectivity index (χ2v) is 5.08. The number of nitrogens with zero attached hydrogens (tertiary/aromatic N) is 3. The van der Waals surface area contributed by atoms with E-state index in [1.54, 1.807) is 44.4 Å². The molecule has 0 radical (unpaired) electrons. The van der Waals surface area contributed by atoms with E-state index in [0.29, 0.717) is 17.8 Å². The minimum absolute atomic E-state index is 0.0448. The molecule has 1 aromatic rings. The zero-order valence-corrected chi connectivity index (χ0v) is 14.2. The number of hydrogen-bond donors (Lipinski definition) is 0. The molecule has 0 N–H and O–H groups in total. The molecule has 0 bridgehead atoms. The lowest BCUT2D eigenvalue weighted by Gasteiger charge is -2.19. The average Bonchev–Trinajstić information content (AvgIpc) is 2.47. The lowest BCUT2D eigenvalue weighted by atomic mass is 10.1. The van der Waals surface area contributed by atoms with Crippen molar-refractivity contribution < 1.29 is 9.59 Å². The molecule has 118 valence electrons. The Hall–Kier alpha value is -1.91. The van der Waals surface area contributed by atoms with Crippen LogP contribution in [0.2, 0.25) is 0 Å². The number of hydrogen-bond acceptors (Lipinski definition) is 3. The Morgan fingerprint density at radius 3 is 2.24 bits per heavy atom. The third-order valence-electron chi connectivity index (χ3n) is 2.74. The number of carbonyl (C=O) groups excluding carboxylic acids is 2. The molecule has 1 heterocycles. The molecule has 0 unspecified atom stereocenters. The van der Waals surface area contributed by atoms with Gasteiger partial charge in [0, 0.05) is 38.8 Å². The molecule has 0 atom stereocenters. The first-order valence-electron chi connectivity index (χ1n) is 7.24. The van der Waals surface area contributed by atoms with Crippen molar-refractivity contribution in [3.05, 3.63) is 29.6 Å². The van der Waals surface area contributed by atoms with Gasteiger partial charge in [0.25, 0.3) is 5.91 Å². The van der Waals surface area contributed by atoms with Gasteiger partial charge in [-0.25, -0.2) is 0 Å². The quantitative estimate of drug-likeness (QED) is 0.856. The molecular weight excluding hydrogens is 266 g/mol. The number of amides is 2. The summed E-state index contributed by atoms with van der Waals surface area (Å²) in [6.07, 6.45) is 1.60. The zero-order valence-electron chi connectivity index (χ0n) is 14.2. The van der Waals surface area contributed by atoms with Crippen molar-refractivity contribution in [3.63, 3.8) is 0 Å². The maximum absolute atomic E-state index is 11.8. The Morgan fingerprint density at radius 2 is 1.76 bits per heavy atom. The molecule has 0 aromatic carbocycles. The molecule has 2 amide bonds. The maximum Gasteiger partial charge on any atom is 0.253 e. The van der Waals surface area contributed by atoms with Crippen molar-refractivity contribution in [1.82, 2.24) is 14.8 Å². The van der Waals surface area contributed by atoms with Gasteiger partial charge in [-0.1, -0.05) is 27.7 Å². The first-order chi connectivity index (χ1) is 9.82. The number of rotatable bonds is 4. The third kappa shape index (κ3) is 5.94. The summed E-state index contributed by atoms with van der Waals surface area (Å²) >= 11 is 0. The van der Waals surface area contributed by atoms with Crippen molar-refractivity contribution in [2.24, 2.45) is 5.92 Å². The van der Waals surface area contributed by atoms with Crippen molar-refractivity contribution in [3.8, 4) is 0 Å². The fourth-order valence-electron chi connectivity index (χ4n) is 1.72. The van der Waals surface area contributed by atoms with E-state index >= 15 is 0 Å². The van der Waals surface area contributed by atoms with Crippen LogP contribution < -0.4 is 0 Å². The molecule has 1 rings (SSSR count). The molecule has 5 nitrogen and oxygen atoms in total. The smallest absolute Gasteiger partial charge is 0.253 e. The summed E-state index contributed by atoms with van der Waals surface area (Å²) in [4.78, 5) is 31.0. The molecule has 0 aliphatic rings. The second kappa shape index (κ2) is 9.10. The lowest BCUT2D eigenvalue weighted by molar-refractivity contribution is -0.133. The van der Waals surface area contributed by atoms with Crippen LogP contribution in [-0.2, 0) is 11.3 Å². The number of carbonyl (C=O) groups is 2. The molecule has 0 saturated carbocycles. The van der Waals surface area contributed by atoms with Crippen molar-refractivity contribution in [2.75, 3.05) is 21.1 Å². The molecule has 0 fully saturated rings. The van der Waals surface area contributed by atoms with Gasteiger partial charge in [-0.2, -0.15) is 0 Å².